The van der Waals surface area contributed by atoms with Crippen LogP contribution in [0.1, 0.15) is 5.56 Å². The van der Waals surface area contributed by atoms with Gasteiger partial charge in [0.2, 0.25) is 5.91 Å². The van der Waals surface area contributed by atoms with Crippen LogP contribution in [0, 0.1) is 0 Å². The maximum absolute atomic E-state index is 10.9. The molecule has 0 unspecified atom stereocenters. The molecule has 0 aliphatic rings. The molecule has 0 spiro atoms. The molecule has 15 heavy (non-hydrogen) atoms. The maximum atomic E-state index is 10.9. The zero-order valence-corrected chi connectivity index (χ0v) is 8.41. The molecule has 1 amide bonds. The van der Waals surface area contributed by atoms with Gasteiger partial charge in [-0.3, -0.25) is 4.79 Å². The van der Waals surface area contributed by atoms with Crippen LogP contribution in [-0.4, -0.2) is 18.0 Å². The minimum atomic E-state index is -0.363. The Morgan fingerprint density at radius 3 is 2.87 bits per heavy atom. The Balaban J connectivity index is 2.61. The second-order valence-electron chi connectivity index (χ2n) is 3.33. The van der Waals surface area contributed by atoms with Crippen molar-refractivity contribution < 1.29 is 9.53 Å². The number of ether oxygens (including phenoxy) is 1. The highest BCUT2D eigenvalue weighted by molar-refractivity contribution is 5.90. The van der Waals surface area contributed by atoms with Crippen molar-refractivity contribution in [1.82, 2.24) is 4.98 Å². The Morgan fingerprint density at radius 2 is 2.20 bits per heavy atom. The van der Waals surface area contributed by atoms with Crippen LogP contribution in [0.5, 0.6) is 5.88 Å². The van der Waals surface area contributed by atoms with Gasteiger partial charge in [0.05, 0.1) is 13.5 Å². The molecule has 3 N–H and O–H groups in total. The summed E-state index contributed by atoms with van der Waals surface area (Å²) in [6, 6.07) is 7.71. The maximum Gasteiger partial charge on any atom is 0.222 e. The number of para-hydroxylation sites is 1. The van der Waals surface area contributed by atoms with Crippen molar-refractivity contribution in [3.8, 4) is 5.88 Å². The SMILES string of the molecule is COc1[nH]c2ccccc2c1CC(N)=O. The first-order valence-electron chi connectivity index (χ1n) is 4.64. The third-order valence-electron chi connectivity index (χ3n) is 2.33. The van der Waals surface area contributed by atoms with Gasteiger partial charge < -0.3 is 15.5 Å². The first kappa shape index (κ1) is 9.58. The van der Waals surface area contributed by atoms with Gasteiger partial charge in [0.1, 0.15) is 0 Å². The Hall–Kier alpha value is -1.97. The molecular weight excluding hydrogens is 192 g/mol. The van der Waals surface area contributed by atoms with Crippen LogP contribution in [0.2, 0.25) is 0 Å². The third-order valence-corrected chi connectivity index (χ3v) is 2.33. The Morgan fingerprint density at radius 1 is 1.47 bits per heavy atom. The predicted octanol–water partition coefficient (Wildman–Crippen LogP) is 1.20. The molecule has 2 aromatic rings. The quantitative estimate of drug-likeness (QED) is 0.788. The van der Waals surface area contributed by atoms with Gasteiger partial charge in [-0.15, -0.1) is 0 Å². The molecule has 78 valence electrons. The number of primary amides is 1. The smallest absolute Gasteiger partial charge is 0.222 e. The van der Waals surface area contributed by atoms with E-state index in [0.717, 1.165) is 16.5 Å². The summed E-state index contributed by atoms with van der Waals surface area (Å²) < 4.78 is 5.17. The number of H-pyrrole nitrogens is 1. The van der Waals surface area contributed by atoms with Crippen LogP contribution >= 0.6 is 0 Å². The lowest BCUT2D eigenvalue weighted by molar-refractivity contribution is -0.117. The Labute approximate surface area is 87.0 Å². The van der Waals surface area contributed by atoms with E-state index >= 15 is 0 Å². The fraction of sp³-hybridized carbons (Fsp3) is 0.182. The van der Waals surface area contributed by atoms with Crippen LogP contribution in [0.25, 0.3) is 10.9 Å². The highest BCUT2D eigenvalue weighted by Crippen LogP contribution is 2.27. The molecule has 0 saturated heterocycles. The van der Waals surface area contributed by atoms with E-state index in [4.69, 9.17) is 10.5 Å². The van der Waals surface area contributed by atoms with Crippen molar-refractivity contribution in [2.24, 2.45) is 5.73 Å². The second kappa shape index (κ2) is 3.65. The number of rotatable bonds is 3. The first-order valence-corrected chi connectivity index (χ1v) is 4.64. The van der Waals surface area contributed by atoms with E-state index < -0.39 is 0 Å². The van der Waals surface area contributed by atoms with E-state index in [-0.39, 0.29) is 12.3 Å². The van der Waals surface area contributed by atoms with Crippen molar-refractivity contribution in [3.05, 3.63) is 29.8 Å². The van der Waals surface area contributed by atoms with E-state index in [2.05, 4.69) is 4.98 Å². The molecule has 2 rings (SSSR count). The summed E-state index contributed by atoms with van der Waals surface area (Å²) in [6.07, 6.45) is 0.188. The van der Waals surface area contributed by atoms with E-state index in [1.807, 2.05) is 24.3 Å². The van der Waals surface area contributed by atoms with Gasteiger partial charge in [0.15, 0.2) is 5.88 Å². The summed E-state index contributed by atoms with van der Waals surface area (Å²) >= 11 is 0. The fourth-order valence-electron chi connectivity index (χ4n) is 1.70. The Bertz CT molecular complexity index is 502. The van der Waals surface area contributed by atoms with Crippen molar-refractivity contribution >= 4 is 16.8 Å². The minimum absolute atomic E-state index is 0.188. The number of carbonyl (C=O) groups is 1. The summed E-state index contributed by atoms with van der Waals surface area (Å²) in [5.74, 6) is 0.244. The lowest BCUT2D eigenvalue weighted by atomic mass is 10.1. The van der Waals surface area contributed by atoms with Gasteiger partial charge in [0.25, 0.3) is 0 Å². The average Bonchev–Trinajstić information content (AvgIpc) is 2.56. The van der Waals surface area contributed by atoms with Crippen LogP contribution in [0.15, 0.2) is 24.3 Å². The fourth-order valence-corrected chi connectivity index (χ4v) is 1.70. The number of benzene rings is 1. The van der Waals surface area contributed by atoms with Gasteiger partial charge in [0, 0.05) is 16.5 Å². The largest absolute Gasteiger partial charge is 0.482 e. The monoisotopic (exact) mass is 204 g/mol. The lowest BCUT2D eigenvalue weighted by Crippen LogP contribution is -2.13. The summed E-state index contributed by atoms with van der Waals surface area (Å²) in [5.41, 5.74) is 6.96. The van der Waals surface area contributed by atoms with Crippen molar-refractivity contribution in [3.63, 3.8) is 0 Å². The van der Waals surface area contributed by atoms with Crippen molar-refractivity contribution in [1.29, 1.82) is 0 Å². The molecule has 4 nitrogen and oxygen atoms in total. The number of hydrogen-bond donors (Lipinski definition) is 2. The molecule has 0 aliphatic carbocycles. The van der Waals surface area contributed by atoms with Gasteiger partial charge >= 0.3 is 0 Å². The summed E-state index contributed by atoms with van der Waals surface area (Å²) in [6.45, 7) is 0. The number of aromatic amines is 1. The molecule has 1 aromatic heterocycles. The first-order chi connectivity index (χ1) is 7.22. The standard InChI is InChI=1S/C11H12N2O2/c1-15-11-8(6-10(12)14)7-4-2-3-5-9(7)13-11/h2-5,13H,6H2,1H3,(H2,12,14). The third kappa shape index (κ3) is 1.66. The van der Waals surface area contributed by atoms with Crippen LogP contribution in [0.3, 0.4) is 0 Å². The number of hydrogen-bond acceptors (Lipinski definition) is 2. The molecular formula is C11H12N2O2. The van der Waals surface area contributed by atoms with Gasteiger partial charge in [-0.25, -0.2) is 0 Å². The molecule has 1 heterocycles. The normalized spacial score (nSPS) is 10.5. The highest BCUT2D eigenvalue weighted by Gasteiger charge is 2.13. The number of fused-ring (bicyclic) bond motifs is 1. The Kier molecular flexibility index (Phi) is 2.33. The molecule has 0 aliphatic heterocycles. The van der Waals surface area contributed by atoms with E-state index in [1.54, 1.807) is 7.11 Å². The molecule has 0 radical (unpaired) electrons. The number of nitrogens with one attached hydrogen (secondary N) is 1. The van der Waals surface area contributed by atoms with Crippen molar-refractivity contribution in [2.75, 3.05) is 7.11 Å². The van der Waals surface area contributed by atoms with E-state index in [1.165, 1.54) is 0 Å². The van der Waals surface area contributed by atoms with Crippen molar-refractivity contribution in [2.45, 2.75) is 6.42 Å². The van der Waals surface area contributed by atoms with Gasteiger partial charge in [-0.1, -0.05) is 18.2 Å². The zero-order chi connectivity index (χ0) is 10.8. The van der Waals surface area contributed by atoms with Gasteiger partial charge in [-0.05, 0) is 6.07 Å². The average molecular weight is 204 g/mol. The summed E-state index contributed by atoms with van der Waals surface area (Å²) in [7, 11) is 1.56. The topological polar surface area (TPSA) is 68.1 Å². The second-order valence-corrected chi connectivity index (χ2v) is 3.33. The van der Waals surface area contributed by atoms with Gasteiger partial charge in [-0.2, -0.15) is 0 Å². The molecule has 0 atom stereocenters. The predicted molar refractivity (Wildman–Crippen MR) is 57.7 cm³/mol. The van der Waals surface area contributed by atoms with Crippen LogP contribution in [0.4, 0.5) is 0 Å². The molecule has 0 bridgehead atoms. The highest BCUT2D eigenvalue weighted by atomic mass is 16.5. The number of methoxy groups -OCH3 is 1. The summed E-state index contributed by atoms with van der Waals surface area (Å²) in [5, 5.41) is 0.980. The van der Waals surface area contributed by atoms with E-state index in [9.17, 15) is 4.79 Å². The number of nitrogens with two attached hydrogens (primary N) is 1. The lowest BCUT2D eigenvalue weighted by Gasteiger charge is -1.99. The molecule has 1 aromatic carbocycles. The molecule has 4 heteroatoms. The number of aromatic nitrogens is 1. The molecule has 0 saturated carbocycles. The minimum Gasteiger partial charge on any atom is -0.482 e. The number of amides is 1. The molecule has 0 fully saturated rings. The van der Waals surface area contributed by atoms with E-state index in [0.29, 0.717) is 5.88 Å². The number of carbonyl (C=O) groups excluding carboxylic acids is 1. The summed E-state index contributed by atoms with van der Waals surface area (Å²) in [4.78, 5) is 14.0. The zero-order valence-electron chi connectivity index (χ0n) is 8.41. The van der Waals surface area contributed by atoms with Crippen LogP contribution in [-0.2, 0) is 11.2 Å². The van der Waals surface area contributed by atoms with Crippen LogP contribution < -0.4 is 10.5 Å².